The lowest BCUT2D eigenvalue weighted by Crippen LogP contribution is -2.56. The monoisotopic (exact) mass is 284 g/mol. The number of hydrogen-bond donors (Lipinski definition) is 3. The van der Waals surface area contributed by atoms with Gasteiger partial charge < -0.3 is 16.2 Å². The van der Waals surface area contributed by atoms with Gasteiger partial charge in [-0.3, -0.25) is 0 Å². The van der Waals surface area contributed by atoms with Crippen molar-refractivity contribution in [1.82, 2.24) is 5.32 Å². The number of nitrogens with two attached hydrogens (primary N) is 1. The summed E-state index contributed by atoms with van der Waals surface area (Å²) in [6.07, 6.45) is 6.16. The van der Waals surface area contributed by atoms with Gasteiger partial charge in [0.25, 0.3) is 0 Å². The van der Waals surface area contributed by atoms with Crippen LogP contribution in [0.15, 0.2) is 0 Å². The van der Waals surface area contributed by atoms with Crippen LogP contribution in [0.3, 0.4) is 0 Å². The molecule has 0 aromatic rings. The molecule has 3 heteroatoms. The smallest absolute Gasteiger partial charge is 0.0471 e. The van der Waals surface area contributed by atoms with Gasteiger partial charge in [0, 0.05) is 24.7 Å². The standard InChI is InChI=1S/C17H36N2O/c1-13(11-20)14(2)19-17(12-18)9-6-7-15(8-10-17)16(3,4)5/h13-15,19-20H,6-12,18H2,1-5H3. The van der Waals surface area contributed by atoms with Crippen LogP contribution in [0.25, 0.3) is 0 Å². The van der Waals surface area contributed by atoms with Gasteiger partial charge >= 0.3 is 0 Å². The van der Waals surface area contributed by atoms with Crippen LogP contribution in [0.1, 0.15) is 66.7 Å². The van der Waals surface area contributed by atoms with E-state index in [-0.39, 0.29) is 18.1 Å². The zero-order valence-electron chi connectivity index (χ0n) is 14.2. The molecule has 1 rings (SSSR count). The second-order valence-electron chi connectivity index (χ2n) is 8.07. The molecule has 0 amide bonds. The summed E-state index contributed by atoms with van der Waals surface area (Å²) in [7, 11) is 0. The lowest BCUT2D eigenvalue weighted by molar-refractivity contribution is 0.166. The van der Waals surface area contributed by atoms with Crippen molar-refractivity contribution in [3.8, 4) is 0 Å². The molecule has 4 atom stereocenters. The van der Waals surface area contributed by atoms with Gasteiger partial charge in [-0.1, -0.05) is 34.1 Å². The molecule has 0 heterocycles. The van der Waals surface area contributed by atoms with Crippen LogP contribution in [-0.2, 0) is 0 Å². The summed E-state index contributed by atoms with van der Waals surface area (Å²) in [5.74, 6) is 1.07. The first-order valence-corrected chi connectivity index (χ1v) is 8.33. The van der Waals surface area contributed by atoms with Gasteiger partial charge in [-0.2, -0.15) is 0 Å². The highest BCUT2D eigenvalue weighted by Gasteiger charge is 2.36. The Morgan fingerprint density at radius 3 is 2.40 bits per heavy atom. The lowest BCUT2D eigenvalue weighted by atomic mass is 9.76. The molecule has 120 valence electrons. The highest BCUT2D eigenvalue weighted by Crippen LogP contribution is 2.39. The molecule has 1 fully saturated rings. The summed E-state index contributed by atoms with van der Waals surface area (Å²) in [5.41, 5.74) is 6.60. The topological polar surface area (TPSA) is 58.3 Å². The molecule has 0 aromatic carbocycles. The van der Waals surface area contributed by atoms with Crippen molar-refractivity contribution >= 4 is 0 Å². The molecule has 0 spiro atoms. The Morgan fingerprint density at radius 2 is 1.90 bits per heavy atom. The van der Waals surface area contributed by atoms with Crippen molar-refractivity contribution in [2.45, 2.75) is 78.3 Å². The molecule has 0 saturated heterocycles. The first-order valence-electron chi connectivity index (χ1n) is 8.33. The summed E-state index contributed by atoms with van der Waals surface area (Å²) in [6, 6.07) is 0.315. The summed E-state index contributed by atoms with van der Waals surface area (Å²) in [5, 5.41) is 13.1. The molecule has 4 N–H and O–H groups in total. The highest BCUT2D eigenvalue weighted by atomic mass is 16.3. The number of nitrogens with one attached hydrogen (secondary N) is 1. The predicted molar refractivity (Wildman–Crippen MR) is 86.7 cm³/mol. The van der Waals surface area contributed by atoms with E-state index in [9.17, 15) is 5.11 Å². The van der Waals surface area contributed by atoms with Gasteiger partial charge in [0.05, 0.1) is 0 Å². The van der Waals surface area contributed by atoms with Crippen LogP contribution in [0.4, 0.5) is 0 Å². The van der Waals surface area contributed by atoms with Gasteiger partial charge in [-0.25, -0.2) is 0 Å². The minimum atomic E-state index is 0.0723. The predicted octanol–water partition coefficient (Wildman–Crippen LogP) is 2.92. The van der Waals surface area contributed by atoms with Crippen molar-refractivity contribution < 1.29 is 5.11 Å². The lowest BCUT2D eigenvalue weighted by Gasteiger charge is -2.38. The van der Waals surface area contributed by atoms with E-state index in [0.717, 1.165) is 12.3 Å². The Kier molecular flexibility index (Phi) is 6.49. The molecule has 1 aliphatic rings. The average molecular weight is 284 g/mol. The largest absolute Gasteiger partial charge is 0.396 e. The fourth-order valence-electron chi connectivity index (χ4n) is 3.46. The molecule has 0 aliphatic heterocycles. The first-order chi connectivity index (χ1) is 9.24. The van der Waals surface area contributed by atoms with Crippen molar-refractivity contribution in [2.24, 2.45) is 23.0 Å². The summed E-state index contributed by atoms with van der Waals surface area (Å²) < 4.78 is 0. The van der Waals surface area contributed by atoms with Gasteiger partial charge in [-0.05, 0) is 49.9 Å². The molecule has 1 aliphatic carbocycles. The molecule has 0 radical (unpaired) electrons. The average Bonchev–Trinajstić information content (AvgIpc) is 2.60. The summed E-state index contributed by atoms with van der Waals surface area (Å²) in [4.78, 5) is 0. The minimum Gasteiger partial charge on any atom is -0.396 e. The van der Waals surface area contributed by atoms with Crippen molar-refractivity contribution in [3.63, 3.8) is 0 Å². The molecule has 0 aromatic heterocycles. The van der Waals surface area contributed by atoms with Gasteiger partial charge in [0.2, 0.25) is 0 Å². The van der Waals surface area contributed by atoms with Crippen molar-refractivity contribution in [1.29, 1.82) is 0 Å². The third-order valence-electron chi connectivity index (χ3n) is 5.47. The Labute approximate surface area is 125 Å². The molecule has 1 saturated carbocycles. The molecular weight excluding hydrogens is 248 g/mol. The molecular formula is C17H36N2O. The second kappa shape index (κ2) is 7.24. The minimum absolute atomic E-state index is 0.0723. The van der Waals surface area contributed by atoms with E-state index in [1.165, 1.54) is 25.7 Å². The van der Waals surface area contributed by atoms with Crippen LogP contribution in [0, 0.1) is 17.3 Å². The zero-order chi connectivity index (χ0) is 15.4. The molecule has 4 unspecified atom stereocenters. The van der Waals surface area contributed by atoms with Crippen LogP contribution in [0.5, 0.6) is 0 Å². The summed E-state index contributed by atoms with van der Waals surface area (Å²) in [6.45, 7) is 12.3. The van der Waals surface area contributed by atoms with E-state index < -0.39 is 0 Å². The fraction of sp³-hybridized carbons (Fsp3) is 1.00. The maximum Gasteiger partial charge on any atom is 0.0471 e. The van der Waals surface area contributed by atoms with Crippen LogP contribution in [0.2, 0.25) is 0 Å². The maximum absolute atomic E-state index is 9.32. The van der Waals surface area contributed by atoms with Crippen LogP contribution in [-0.4, -0.2) is 29.8 Å². The number of hydrogen-bond acceptors (Lipinski definition) is 3. The molecule has 3 nitrogen and oxygen atoms in total. The third kappa shape index (κ3) is 4.71. The van der Waals surface area contributed by atoms with E-state index in [1.807, 2.05) is 0 Å². The zero-order valence-corrected chi connectivity index (χ0v) is 14.2. The van der Waals surface area contributed by atoms with Gasteiger partial charge in [-0.15, -0.1) is 0 Å². The van der Waals surface area contributed by atoms with Gasteiger partial charge in [0.15, 0.2) is 0 Å². The number of aliphatic hydroxyl groups excluding tert-OH is 1. The molecule has 20 heavy (non-hydrogen) atoms. The SMILES string of the molecule is CC(CO)C(C)NC1(CN)CCCC(C(C)(C)C)CC1. The van der Waals surface area contributed by atoms with Crippen molar-refractivity contribution in [2.75, 3.05) is 13.2 Å². The van der Waals surface area contributed by atoms with E-state index in [2.05, 4.69) is 39.9 Å². The Balaban J connectivity index is 2.70. The first kappa shape index (κ1) is 17.9. The van der Waals surface area contributed by atoms with E-state index >= 15 is 0 Å². The van der Waals surface area contributed by atoms with Crippen LogP contribution < -0.4 is 11.1 Å². The number of rotatable bonds is 5. The second-order valence-corrected chi connectivity index (χ2v) is 8.07. The number of aliphatic hydroxyl groups is 1. The summed E-state index contributed by atoms with van der Waals surface area (Å²) >= 11 is 0. The maximum atomic E-state index is 9.32. The quantitative estimate of drug-likeness (QED) is 0.680. The molecule has 0 bridgehead atoms. The Bertz CT molecular complexity index is 287. The van der Waals surface area contributed by atoms with E-state index in [0.29, 0.717) is 18.0 Å². The third-order valence-corrected chi connectivity index (χ3v) is 5.47. The van der Waals surface area contributed by atoms with E-state index in [4.69, 9.17) is 5.73 Å². The Hall–Kier alpha value is -0.120. The fourth-order valence-corrected chi connectivity index (χ4v) is 3.46. The highest BCUT2D eigenvalue weighted by molar-refractivity contribution is 4.95. The van der Waals surface area contributed by atoms with Crippen molar-refractivity contribution in [3.05, 3.63) is 0 Å². The normalized spacial score (nSPS) is 31.6. The Morgan fingerprint density at radius 1 is 1.25 bits per heavy atom. The van der Waals surface area contributed by atoms with Crippen LogP contribution >= 0.6 is 0 Å². The van der Waals surface area contributed by atoms with Gasteiger partial charge in [0.1, 0.15) is 0 Å². The van der Waals surface area contributed by atoms with E-state index in [1.54, 1.807) is 0 Å².